The quantitative estimate of drug-likeness (QED) is 0.216. The number of likely N-dealkylation sites (N-methyl/N-ethyl adjacent to an activating group) is 1. The number of ether oxygens (including phenoxy) is 1. The van der Waals surface area contributed by atoms with Gasteiger partial charge in [-0.15, -0.1) is 0 Å². The summed E-state index contributed by atoms with van der Waals surface area (Å²) in [6.45, 7) is 6.97. The van der Waals surface area contributed by atoms with E-state index in [4.69, 9.17) is 38.2 Å². The Kier molecular flexibility index (Phi) is 13.0. The molecular formula is C40H47Cl2N7O5S. The van der Waals surface area contributed by atoms with Gasteiger partial charge in [-0.05, 0) is 79.8 Å². The number of hydrogen-bond donors (Lipinski definition) is 0. The Morgan fingerprint density at radius 3 is 2.15 bits per heavy atom. The van der Waals surface area contributed by atoms with Crippen molar-refractivity contribution in [3.63, 3.8) is 0 Å². The van der Waals surface area contributed by atoms with Gasteiger partial charge in [0.1, 0.15) is 17.6 Å². The van der Waals surface area contributed by atoms with Crippen LogP contribution in [-0.4, -0.2) is 116 Å². The van der Waals surface area contributed by atoms with Crippen molar-refractivity contribution in [3.05, 3.63) is 93.0 Å². The first-order chi connectivity index (χ1) is 26.4. The van der Waals surface area contributed by atoms with Crippen molar-refractivity contribution >= 4 is 51.0 Å². The number of amidine groups is 1. The lowest BCUT2D eigenvalue weighted by atomic mass is 9.93. The SMILES string of the molecule is CCOc1cc(C)c(S(=O)(=O)N2CCCCC2)cc1C1=N[C@@H](c2ccc(Cl)cc2)[C@@H](c2ccc(Cl)cc2)N1C(=O)N1CCN(CC(=O)N(C)CCC#N)CC1. The summed E-state index contributed by atoms with van der Waals surface area (Å²) in [5.41, 5.74) is 2.54. The molecule has 55 heavy (non-hydrogen) atoms. The number of hydrogen-bond acceptors (Lipinski definition) is 8. The number of sulfonamides is 1. The largest absolute Gasteiger partial charge is 0.493 e. The van der Waals surface area contributed by atoms with E-state index in [-0.39, 0.29) is 29.8 Å². The van der Waals surface area contributed by atoms with E-state index in [2.05, 4.69) is 6.07 Å². The van der Waals surface area contributed by atoms with Gasteiger partial charge in [-0.1, -0.05) is 53.9 Å². The average Bonchev–Trinajstić information content (AvgIpc) is 3.58. The topological polar surface area (TPSA) is 130 Å². The van der Waals surface area contributed by atoms with E-state index in [1.54, 1.807) is 69.4 Å². The van der Waals surface area contributed by atoms with Gasteiger partial charge in [0.2, 0.25) is 15.9 Å². The predicted octanol–water partition coefficient (Wildman–Crippen LogP) is 6.53. The maximum absolute atomic E-state index is 15.1. The number of urea groups is 1. The van der Waals surface area contributed by atoms with Crippen molar-refractivity contribution < 1.29 is 22.7 Å². The van der Waals surface area contributed by atoms with Gasteiger partial charge in [0.05, 0.1) is 42.1 Å². The highest BCUT2D eigenvalue weighted by atomic mass is 35.5. The molecule has 0 N–H and O–H groups in total. The summed E-state index contributed by atoms with van der Waals surface area (Å²) < 4.78 is 36.2. The molecule has 0 spiro atoms. The van der Waals surface area contributed by atoms with Crippen molar-refractivity contribution in [1.82, 2.24) is 23.9 Å². The van der Waals surface area contributed by atoms with Crippen molar-refractivity contribution in [2.24, 2.45) is 4.99 Å². The van der Waals surface area contributed by atoms with Gasteiger partial charge >= 0.3 is 6.03 Å². The first-order valence-electron chi connectivity index (χ1n) is 18.7. The van der Waals surface area contributed by atoms with E-state index < -0.39 is 22.1 Å². The number of aryl methyl sites for hydroxylation is 1. The van der Waals surface area contributed by atoms with Crippen LogP contribution in [-0.2, 0) is 14.8 Å². The lowest BCUT2D eigenvalue weighted by molar-refractivity contribution is -0.131. The normalized spacial score (nSPS) is 19.5. The van der Waals surface area contributed by atoms with Crippen molar-refractivity contribution in [2.45, 2.75) is 56.5 Å². The van der Waals surface area contributed by atoms with Gasteiger partial charge in [-0.3, -0.25) is 19.6 Å². The van der Waals surface area contributed by atoms with E-state index in [1.165, 1.54) is 0 Å². The summed E-state index contributed by atoms with van der Waals surface area (Å²) in [6.07, 6.45) is 2.83. The van der Waals surface area contributed by atoms with Gasteiger partial charge in [-0.25, -0.2) is 13.2 Å². The molecule has 2 fully saturated rings. The van der Waals surface area contributed by atoms with E-state index in [9.17, 15) is 13.2 Å². The summed E-state index contributed by atoms with van der Waals surface area (Å²) in [7, 11) is -2.19. The average molecular weight is 809 g/mol. The molecule has 3 heterocycles. The van der Waals surface area contributed by atoms with Gasteiger partial charge in [-0.2, -0.15) is 9.57 Å². The van der Waals surface area contributed by atoms with Crippen LogP contribution in [0.25, 0.3) is 0 Å². The molecule has 0 radical (unpaired) electrons. The van der Waals surface area contributed by atoms with Crippen LogP contribution in [0.3, 0.4) is 0 Å². The fourth-order valence-electron chi connectivity index (χ4n) is 7.39. The van der Waals surface area contributed by atoms with Crippen molar-refractivity contribution in [3.8, 4) is 11.8 Å². The van der Waals surface area contributed by atoms with Crippen LogP contribution in [0.5, 0.6) is 5.75 Å². The van der Waals surface area contributed by atoms with Crippen LogP contribution >= 0.6 is 23.2 Å². The molecule has 0 saturated carbocycles. The van der Waals surface area contributed by atoms with Gasteiger partial charge in [0.15, 0.2) is 0 Å². The number of piperidine rings is 1. The number of carbonyl (C=O) groups is 2. The van der Waals surface area contributed by atoms with Crippen LogP contribution in [0.15, 0.2) is 70.6 Å². The molecule has 292 valence electrons. The molecule has 0 aliphatic carbocycles. The second-order valence-electron chi connectivity index (χ2n) is 14.1. The number of piperazine rings is 1. The lowest BCUT2D eigenvalue weighted by Gasteiger charge is -2.39. The highest BCUT2D eigenvalue weighted by molar-refractivity contribution is 7.89. The molecule has 2 saturated heterocycles. The van der Waals surface area contributed by atoms with Crippen LogP contribution < -0.4 is 4.74 Å². The molecule has 6 rings (SSSR count). The third-order valence-electron chi connectivity index (χ3n) is 10.4. The van der Waals surface area contributed by atoms with Crippen molar-refractivity contribution in [2.75, 3.05) is 66.0 Å². The highest BCUT2D eigenvalue weighted by Gasteiger charge is 2.45. The Labute approximate surface area is 333 Å². The maximum atomic E-state index is 15.1. The van der Waals surface area contributed by atoms with E-state index in [0.717, 1.165) is 30.4 Å². The number of aliphatic imine (C=N–C) groups is 1. The fraction of sp³-hybridized carbons (Fsp3) is 0.450. The number of rotatable bonds is 11. The Bertz CT molecular complexity index is 2040. The van der Waals surface area contributed by atoms with Gasteiger partial charge in [0, 0.05) is 62.9 Å². The fourth-order valence-corrected chi connectivity index (χ4v) is 9.39. The Morgan fingerprint density at radius 2 is 1.55 bits per heavy atom. The molecule has 3 aliphatic rings. The molecule has 15 heteroatoms. The summed E-state index contributed by atoms with van der Waals surface area (Å²) in [5, 5.41) is 10.0. The molecule has 0 unspecified atom stereocenters. The predicted molar refractivity (Wildman–Crippen MR) is 213 cm³/mol. The number of nitriles is 1. The molecule has 0 bridgehead atoms. The summed E-state index contributed by atoms with van der Waals surface area (Å²) in [4.78, 5) is 40.4. The maximum Gasteiger partial charge on any atom is 0.326 e. The minimum atomic E-state index is -3.88. The number of halogens is 2. The second-order valence-corrected chi connectivity index (χ2v) is 16.9. The summed E-state index contributed by atoms with van der Waals surface area (Å²) in [6, 6.07) is 18.5. The van der Waals surface area contributed by atoms with Crippen LogP contribution in [0, 0.1) is 18.3 Å². The van der Waals surface area contributed by atoms with Crippen LogP contribution in [0.4, 0.5) is 4.79 Å². The second kappa shape index (κ2) is 17.7. The monoisotopic (exact) mass is 807 g/mol. The Morgan fingerprint density at radius 1 is 0.927 bits per heavy atom. The number of carbonyl (C=O) groups excluding carboxylic acids is 2. The van der Waals surface area contributed by atoms with E-state index in [1.807, 2.05) is 36.1 Å². The molecule has 3 aromatic carbocycles. The minimum Gasteiger partial charge on any atom is -0.493 e. The van der Waals surface area contributed by atoms with Crippen molar-refractivity contribution in [1.29, 1.82) is 5.26 Å². The van der Waals surface area contributed by atoms with Gasteiger partial charge < -0.3 is 14.5 Å². The zero-order chi connectivity index (χ0) is 39.3. The van der Waals surface area contributed by atoms with E-state index >= 15 is 4.79 Å². The minimum absolute atomic E-state index is 0.0873. The van der Waals surface area contributed by atoms with E-state index in [0.29, 0.717) is 85.2 Å². The first-order valence-corrected chi connectivity index (χ1v) is 20.9. The Balaban J connectivity index is 1.44. The number of nitrogens with zero attached hydrogens (tertiary/aromatic N) is 7. The third-order valence-corrected chi connectivity index (χ3v) is 13.0. The molecule has 3 aliphatic heterocycles. The Hall–Kier alpha value is -4.19. The molecule has 3 amide bonds. The van der Waals surface area contributed by atoms with Crippen LogP contribution in [0.2, 0.25) is 10.0 Å². The molecule has 12 nitrogen and oxygen atoms in total. The molecule has 3 aromatic rings. The first kappa shape index (κ1) is 40.5. The lowest BCUT2D eigenvalue weighted by Crippen LogP contribution is -2.55. The molecule has 0 aromatic heterocycles. The summed E-state index contributed by atoms with van der Waals surface area (Å²) in [5.74, 6) is 0.625. The zero-order valence-corrected chi connectivity index (χ0v) is 33.8. The highest BCUT2D eigenvalue weighted by Crippen LogP contribution is 2.46. The number of amides is 3. The van der Waals surface area contributed by atoms with Crippen LogP contribution in [0.1, 0.15) is 66.9 Å². The molecule has 2 atom stereocenters. The third kappa shape index (κ3) is 8.95. The molecular weight excluding hydrogens is 761 g/mol. The number of benzene rings is 3. The zero-order valence-electron chi connectivity index (χ0n) is 31.5. The standard InChI is InChI=1S/C40H47Cl2N7O5S/c1-4-54-34-25-28(2)35(55(52,53)48-19-6-5-7-20-48)26-33(34)39-44-37(29-9-13-31(41)14-10-29)38(30-11-15-32(42)16-12-30)49(39)40(51)47-23-21-46(22-24-47)27-36(50)45(3)18-8-17-43/h9-16,25-26,37-38H,4-8,18-24,27H2,1-3H3/t37-,38+/m0/s1. The summed E-state index contributed by atoms with van der Waals surface area (Å²) >= 11 is 12.7. The van der Waals surface area contributed by atoms with Gasteiger partial charge in [0.25, 0.3) is 0 Å². The smallest absolute Gasteiger partial charge is 0.326 e.